The summed E-state index contributed by atoms with van der Waals surface area (Å²) in [6.07, 6.45) is -0.0851. The highest BCUT2D eigenvalue weighted by Crippen LogP contribution is 2.25. The molecule has 0 aliphatic carbocycles. The molecule has 0 aliphatic heterocycles. The van der Waals surface area contributed by atoms with Crippen molar-refractivity contribution < 1.29 is 14.7 Å². The van der Waals surface area contributed by atoms with Gasteiger partial charge in [-0.15, -0.1) is 11.3 Å². The van der Waals surface area contributed by atoms with Crippen molar-refractivity contribution in [3.8, 4) is 0 Å². The van der Waals surface area contributed by atoms with Crippen molar-refractivity contribution in [1.29, 1.82) is 0 Å². The Morgan fingerprint density at radius 1 is 1.50 bits per heavy atom. The van der Waals surface area contributed by atoms with Crippen molar-refractivity contribution in [2.24, 2.45) is 5.41 Å². The summed E-state index contributed by atoms with van der Waals surface area (Å²) in [4.78, 5) is 23.4. The van der Waals surface area contributed by atoms with Gasteiger partial charge in [0.15, 0.2) is 0 Å². The molecular weight excluding hydrogens is 318 g/mol. The molecule has 0 aliphatic rings. The third-order valence-electron chi connectivity index (χ3n) is 2.55. The van der Waals surface area contributed by atoms with Gasteiger partial charge in [0.1, 0.15) is 4.88 Å². The SMILES string of the molecule is CC(C)(C)C(CC(=O)O)NC(=O)c1sccc1Br. The number of carboxylic acids is 1. The molecule has 1 aromatic heterocycles. The Kier molecular flexibility index (Phi) is 4.92. The van der Waals surface area contributed by atoms with Gasteiger partial charge < -0.3 is 10.4 Å². The molecule has 0 aromatic carbocycles. The molecule has 18 heavy (non-hydrogen) atoms. The molecule has 0 bridgehead atoms. The minimum Gasteiger partial charge on any atom is -0.481 e. The first kappa shape index (κ1) is 15.2. The second-order valence-electron chi connectivity index (χ2n) is 5.09. The van der Waals surface area contributed by atoms with E-state index in [1.165, 1.54) is 11.3 Å². The summed E-state index contributed by atoms with van der Waals surface area (Å²) < 4.78 is 0.730. The fraction of sp³-hybridized carbons (Fsp3) is 0.500. The molecule has 1 heterocycles. The number of aliphatic carboxylic acids is 1. The Hall–Kier alpha value is -0.880. The minimum absolute atomic E-state index is 0.0851. The van der Waals surface area contributed by atoms with Gasteiger partial charge in [0, 0.05) is 10.5 Å². The van der Waals surface area contributed by atoms with Gasteiger partial charge in [0.05, 0.1) is 6.42 Å². The van der Waals surface area contributed by atoms with E-state index < -0.39 is 12.0 Å². The highest BCUT2D eigenvalue weighted by molar-refractivity contribution is 9.10. The maximum Gasteiger partial charge on any atom is 0.305 e. The average molecular weight is 334 g/mol. The summed E-state index contributed by atoms with van der Waals surface area (Å²) in [5.41, 5.74) is -0.308. The lowest BCUT2D eigenvalue weighted by atomic mass is 9.84. The van der Waals surface area contributed by atoms with Crippen molar-refractivity contribution in [1.82, 2.24) is 5.32 Å². The first-order valence-electron chi connectivity index (χ1n) is 5.47. The van der Waals surface area contributed by atoms with Crippen LogP contribution in [0.25, 0.3) is 0 Å². The van der Waals surface area contributed by atoms with E-state index in [0.717, 1.165) is 4.47 Å². The Morgan fingerprint density at radius 2 is 2.11 bits per heavy atom. The van der Waals surface area contributed by atoms with E-state index in [-0.39, 0.29) is 17.7 Å². The normalized spacial score (nSPS) is 13.1. The number of thiophene rings is 1. The van der Waals surface area contributed by atoms with Gasteiger partial charge in [-0.05, 0) is 32.8 Å². The fourth-order valence-electron chi connectivity index (χ4n) is 1.43. The molecular formula is C12H16BrNO3S. The van der Waals surface area contributed by atoms with Gasteiger partial charge in [-0.2, -0.15) is 0 Å². The molecule has 0 fully saturated rings. The van der Waals surface area contributed by atoms with Crippen molar-refractivity contribution in [2.75, 3.05) is 0 Å². The molecule has 0 radical (unpaired) electrons. The van der Waals surface area contributed by atoms with Crippen LogP contribution in [0.4, 0.5) is 0 Å². The van der Waals surface area contributed by atoms with Crippen LogP contribution in [0.5, 0.6) is 0 Å². The molecule has 1 unspecified atom stereocenters. The number of nitrogens with one attached hydrogen (secondary N) is 1. The lowest BCUT2D eigenvalue weighted by molar-refractivity contribution is -0.138. The van der Waals surface area contributed by atoms with Crippen LogP contribution >= 0.6 is 27.3 Å². The largest absolute Gasteiger partial charge is 0.481 e. The maximum atomic E-state index is 12.0. The third kappa shape index (κ3) is 4.10. The predicted molar refractivity (Wildman–Crippen MR) is 75.0 cm³/mol. The van der Waals surface area contributed by atoms with Crippen LogP contribution in [0.3, 0.4) is 0 Å². The molecule has 1 rings (SSSR count). The Bertz CT molecular complexity index is 450. The average Bonchev–Trinajstić information content (AvgIpc) is 2.61. The molecule has 4 nitrogen and oxygen atoms in total. The zero-order chi connectivity index (χ0) is 13.9. The molecule has 1 atom stereocenters. The maximum absolute atomic E-state index is 12.0. The van der Waals surface area contributed by atoms with Gasteiger partial charge in [-0.3, -0.25) is 9.59 Å². The Balaban J connectivity index is 2.82. The zero-order valence-corrected chi connectivity index (χ0v) is 12.9. The number of hydrogen-bond donors (Lipinski definition) is 2. The Labute approximate surface area is 119 Å². The van der Waals surface area contributed by atoms with E-state index in [1.54, 1.807) is 6.07 Å². The number of amides is 1. The monoisotopic (exact) mass is 333 g/mol. The summed E-state index contributed by atoms with van der Waals surface area (Å²) >= 11 is 4.61. The van der Waals surface area contributed by atoms with Gasteiger partial charge in [0.2, 0.25) is 0 Å². The topological polar surface area (TPSA) is 66.4 Å². The molecule has 1 aromatic rings. The summed E-state index contributed by atoms with van der Waals surface area (Å²) in [7, 11) is 0. The van der Waals surface area contributed by atoms with Crippen molar-refractivity contribution in [3.63, 3.8) is 0 Å². The van der Waals surface area contributed by atoms with Gasteiger partial charge >= 0.3 is 5.97 Å². The number of carbonyl (C=O) groups is 2. The van der Waals surface area contributed by atoms with E-state index in [4.69, 9.17) is 5.11 Å². The summed E-state index contributed by atoms with van der Waals surface area (Å²) in [6, 6.07) is 1.39. The van der Waals surface area contributed by atoms with E-state index >= 15 is 0 Å². The first-order chi connectivity index (χ1) is 8.21. The highest BCUT2D eigenvalue weighted by atomic mass is 79.9. The summed E-state index contributed by atoms with van der Waals surface area (Å²) in [5.74, 6) is -1.15. The van der Waals surface area contributed by atoms with E-state index in [2.05, 4.69) is 21.2 Å². The smallest absolute Gasteiger partial charge is 0.305 e. The van der Waals surface area contributed by atoms with Crippen LogP contribution in [-0.4, -0.2) is 23.0 Å². The van der Waals surface area contributed by atoms with Crippen molar-refractivity contribution in [2.45, 2.75) is 33.2 Å². The number of halogens is 1. The first-order valence-corrected chi connectivity index (χ1v) is 7.14. The van der Waals surface area contributed by atoms with Crippen LogP contribution in [0.2, 0.25) is 0 Å². The molecule has 100 valence electrons. The fourth-order valence-corrected chi connectivity index (χ4v) is 2.88. The molecule has 1 amide bonds. The molecule has 0 spiro atoms. The third-order valence-corrected chi connectivity index (χ3v) is 4.39. The lowest BCUT2D eigenvalue weighted by Gasteiger charge is -2.30. The minimum atomic E-state index is -0.916. The van der Waals surface area contributed by atoms with E-state index in [9.17, 15) is 9.59 Å². The van der Waals surface area contributed by atoms with Crippen LogP contribution in [0.1, 0.15) is 36.9 Å². The van der Waals surface area contributed by atoms with Crippen LogP contribution in [0, 0.1) is 5.41 Å². The summed E-state index contributed by atoms with van der Waals surface area (Å²) in [6.45, 7) is 5.72. The highest BCUT2D eigenvalue weighted by Gasteiger charge is 2.29. The van der Waals surface area contributed by atoms with Crippen LogP contribution in [0.15, 0.2) is 15.9 Å². The van der Waals surface area contributed by atoms with Gasteiger partial charge in [-0.1, -0.05) is 20.8 Å². The lowest BCUT2D eigenvalue weighted by Crippen LogP contribution is -2.44. The van der Waals surface area contributed by atoms with Crippen LogP contribution < -0.4 is 5.32 Å². The Morgan fingerprint density at radius 3 is 2.50 bits per heavy atom. The van der Waals surface area contributed by atoms with Gasteiger partial charge in [0.25, 0.3) is 5.91 Å². The molecule has 6 heteroatoms. The quantitative estimate of drug-likeness (QED) is 0.889. The van der Waals surface area contributed by atoms with E-state index in [0.29, 0.717) is 4.88 Å². The standard InChI is InChI=1S/C12H16BrNO3S/c1-12(2,3)8(6-9(15)16)14-11(17)10-7(13)4-5-18-10/h4-5,8H,6H2,1-3H3,(H,14,17)(H,15,16). The number of rotatable bonds is 4. The predicted octanol–water partition coefficient (Wildman–Crippen LogP) is 3.13. The number of carbonyl (C=O) groups excluding carboxylic acids is 1. The summed E-state index contributed by atoms with van der Waals surface area (Å²) in [5, 5.41) is 13.5. The number of carboxylic acid groups (broad SMARTS) is 1. The molecule has 0 saturated carbocycles. The van der Waals surface area contributed by atoms with Gasteiger partial charge in [-0.25, -0.2) is 0 Å². The molecule has 2 N–H and O–H groups in total. The zero-order valence-electron chi connectivity index (χ0n) is 10.5. The second kappa shape index (κ2) is 5.84. The second-order valence-corrected chi connectivity index (χ2v) is 6.86. The molecule has 0 saturated heterocycles. The van der Waals surface area contributed by atoms with Crippen molar-refractivity contribution >= 4 is 39.1 Å². The number of hydrogen-bond acceptors (Lipinski definition) is 3. The van der Waals surface area contributed by atoms with Crippen LogP contribution in [-0.2, 0) is 4.79 Å². The van der Waals surface area contributed by atoms with Crippen molar-refractivity contribution in [3.05, 3.63) is 20.8 Å². The van der Waals surface area contributed by atoms with E-state index in [1.807, 2.05) is 26.2 Å².